The monoisotopic (exact) mass is 910 g/mol. The lowest BCUT2D eigenvalue weighted by molar-refractivity contribution is -0.187. The molecule has 4 amide bonds. The number of methoxy groups -OCH3 is 2. The largest absolute Gasteiger partial charge is 0.453 e. The van der Waals surface area contributed by atoms with Crippen molar-refractivity contribution < 1.29 is 41.8 Å². The lowest BCUT2D eigenvalue weighted by atomic mass is 9.67. The number of benzene rings is 3. The molecule has 66 heavy (non-hydrogen) atoms. The van der Waals surface area contributed by atoms with Gasteiger partial charge >= 0.3 is 18.4 Å². The number of hydrogen-bond acceptors (Lipinski definition) is 8. The van der Waals surface area contributed by atoms with Gasteiger partial charge in [-0.15, -0.1) is 0 Å². The summed E-state index contributed by atoms with van der Waals surface area (Å²) < 4.78 is 53.0. The fourth-order valence-corrected chi connectivity index (χ4v) is 11.0. The van der Waals surface area contributed by atoms with E-state index in [4.69, 9.17) is 14.7 Å². The van der Waals surface area contributed by atoms with Crippen molar-refractivity contribution in [3.8, 4) is 22.4 Å². The van der Waals surface area contributed by atoms with Crippen molar-refractivity contribution in [1.82, 2.24) is 40.4 Å². The zero-order chi connectivity index (χ0) is 46.8. The molecule has 0 unspecified atom stereocenters. The van der Waals surface area contributed by atoms with Gasteiger partial charge in [-0.2, -0.15) is 13.2 Å². The third-order valence-electron chi connectivity index (χ3n) is 14.6. The van der Waals surface area contributed by atoms with Crippen LogP contribution in [0.1, 0.15) is 108 Å². The van der Waals surface area contributed by atoms with E-state index in [2.05, 4.69) is 49.6 Å². The first-order valence-corrected chi connectivity index (χ1v) is 23.0. The Morgan fingerprint density at radius 1 is 0.803 bits per heavy atom. The van der Waals surface area contributed by atoms with Crippen LogP contribution >= 0.6 is 0 Å². The minimum atomic E-state index is -4.69. The first-order valence-electron chi connectivity index (χ1n) is 23.0. The maximum Gasteiger partial charge on any atom is 0.408 e. The number of alkyl halides is 3. The first-order chi connectivity index (χ1) is 31.5. The first kappa shape index (κ1) is 45.0. The molecule has 2 aromatic heterocycles. The molecule has 3 fully saturated rings. The summed E-state index contributed by atoms with van der Waals surface area (Å²) in [5.41, 5.74) is 7.91. The van der Waals surface area contributed by atoms with Crippen molar-refractivity contribution in [2.45, 2.75) is 122 Å². The molecule has 2 saturated heterocycles. The maximum absolute atomic E-state index is 14.5. The number of likely N-dealkylation sites (tertiary alicyclic amines) is 2. The molecular formula is C49H57F3N8O6. The van der Waals surface area contributed by atoms with Crippen LogP contribution in [-0.2, 0) is 31.9 Å². The van der Waals surface area contributed by atoms with Crippen molar-refractivity contribution in [2.75, 3.05) is 20.8 Å². The standard InChI is InChI=1S/C49H57F3N8O6/c1-25(2)39(57-46(63)65-5)44(61)59-24-48(19-8-20-48)22-37(59)42-53-23-35(55-42)33-15-14-29(31-9-7-10-32(31)33)27-11-13-30-28(21-27)12-16-34-41(30)56-43(54-34)36-17-18-38(49(50,51)52)60(36)45(62)40(26(3)4)58-47(64)66-6/h11-16,21,23,25-26,36-40H,7-10,17-20,22,24H2,1-6H3,(H,53,55)(H,54,56)(H,57,63)(H,58,64)/t36-,37-,38+,39-,40-/m0/s1. The number of aromatic amines is 2. The fourth-order valence-electron chi connectivity index (χ4n) is 11.0. The molecule has 2 aliphatic heterocycles. The Morgan fingerprint density at radius 2 is 1.47 bits per heavy atom. The highest BCUT2D eigenvalue weighted by molar-refractivity contribution is 6.05. The summed E-state index contributed by atoms with van der Waals surface area (Å²) in [6.07, 6.45) is 2.24. The second kappa shape index (κ2) is 17.3. The number of nitrogens with zero attached hydrogens (tertiary/aromatic N) is 4. The average molecular weight is 911 g/mol. The van der Waals surface area contributed by atoms with Crippen molar-refractivity contribution in [2.24, 2.45) is 17.3 Å². The van der Waals surface area contributed by atoms with Gasteiger partial charge in [-0.1, -0.05) is 64.4 Å². The number of nitrogens with one attached hydrogen (secondary N) is 4. The fraction of sp³-hybridized carbons (Fsp3) is 0.510. The van der Waals surface area contributed by atoms with Gasteiger partial charge < -0.3 is 39.9 Å². The molecule has 5 atom stereocenters. The van der Waals surface area contributed by atoms with Crippen LogP contribution in [0.15, 0.2) is 48.7 Å². The molecular weight excluding hydrogens is 854 g/mol. The third kappa shape index (κ3) is 8.01. The summed E-state index contributed by atoms with van der Waals surface area (Å²) in [5, 5.41) is 6.96. The average Bonchev–Trinajstić information content (AvgIpc) is 4.13. The molecule has 2 aliphatic carbocycles. The number of H-pyrrole nitrogens is 2. The van der Waals surface area contributed by atoms with Crippen molar-refractivity contribution in [3.05, 3.63) is 71.4 Å². The molecule has 0 radical (unpaired) electrons. The number of alkyl carbamates (subject to hydrolysis) is 2. The second-order valence-electron chi connectivity index (χ2n) is 19.3. The zero-order valence-corrected chi connectivity index (χ0v) is 38.1. The molecule has 4 aliphatic rings. The van der Waals surface area contributed by atoms with E-state index in [1.54, 1.807) is 13.8 Å². The minimum Gasteiger partial charge on any atom is -0.453 e. The highest BCUT2D eigenvalue weighted by atomic mass is 19.4. The summed E-state index contributed by atoms with van der Waals surface area (Å²) >= 11 is 0. The molecule has 5 aromatic rings. The van der Waals surface area contributed by atoms with Crippen LogP contribution in [0.25, 0.3) is 44.2 Å². The highest BCUT2D eigenvalue weighted by Crippen LogP contribution is 2.54. The molecule has 350 valence electrons. The molecule has 3 aromatic carbocycles. The zero-order valence-electron chi connectivity index (χ0n) is 38.1. The van der Waals surface area contributed by atoms with E-state index in [1.165, 1.54) is 18.2 Å². The van der Waals surface area contributed by atoms with Crippen LogP contribution in [0.3, 0.4) is 0 Å². The van der Waals surface area contributed by atoms with Crippen LogP contribution in [0.4, 0.5) is 22.8 Å². The van der Waals surface area contributed by atoms with Crippen molar-refractivity contribution in [1.29, 1.82) is 0 Å². The van der Waals surface area contributed by atoms with E-state index in [-0.39, 0.29) is 41.9 Å². The van der Waals surface area contributed by atoms with Crippen molar-refractivity contribution >= 4 is 45.8 Å². The number of aromatic nitrogens is 4. The second-order valence-corrected chi connectivity index (χ2v) is 19.3. The number of rotatable bonds is 10. The summed E-state index contributed by atoms with van der Waals surface area (Å²) in [6, 6.07) is 9.02. The summed E-state index contributed by atoms with van der Waals surface area (Å²) in [7, 11) is 2.43. The van der Waals surface area contributed by atoms with Crippen LogP contribution in [-0.4, -0.2) is 98.8 Å². The van der Waals surface area contributed by atoms with Gasteiger partial charge in [-0.05, 0) is 108 Å². The molecule has 17 heteroatoms. The maximum atomic E-state index is 14.5. The number of hydrogen-bond donors (Lipinski definition) is 4. The third-order valence-corrected chi connectivity index (χ3v) is 14.6. The van der Waals surface area contributed by atoms with E-state index in [9.17, 15) is 32.3 Å². The topological polar surface area (TPSA) is 175 Å². The Hall–Kier alpha value is -6.13. The molecule has 0 bridgehead atoms. The van der Waals surface area contributed by atoms with Gasteiger partial charge in [0.1, 0.15) is 29.8 Å². The predicted octanol–water partition coefficient (Wildman–Crippen LogP) is 9.06. The number of halogens is 3. The number of fused-ring (bicyclic) bond motifs is 4. The SMILES string of the molecule is COC(=O)N[C@H](C(=O)N1CC2(CCC2)C[C@H]1c1ncc(-c2ccc(-c3ccc4c(ccc5nc([C@@H]6CC[C@H](C(F)(F)F)N6C(=O)[C@@H](NC(=O)OC)C(C)C)[nH]c54)c3)c3c2CCC3)[nH]1)C(C)C. The molecule has 1 saturated carbocycles. The lowest BCUT2D eigenvalue weighted by Gasteiger charge is -2.38. The number of carbonyl (C=O) groups is 4. The predicted molar refractivity (Wildman–Crippen MR) is 241 cm³/mol. The minimum absolute atomic E-state index is 0.0378. The van der Waals surface area contributed by atoms with Gasteiger partial charge in [0.2, 0.25) is 11.8 Å². The smallest absolute Gasteiger partial charge is 0.408 e. The number of carbonyl (C=O) groups excluding carboxylic acids is 4. The Labute approximate surface area is 380 Å². The van der Waals surface area contributed by atoms with Gasteiger partial charge in [0.25, 0.3) is 0 Å². The summed E-state index contributed by atoms with van der Waals surface area (Å²) in [4.78, 5) is 71.8. The quantitative estimate of drug-likeness (QED) is 0.107. The molecule has 1 spiro atoms. The Balaban J connectivity index is 0.998. The van der Waals surface area contributed by atoms with Crippen LogP contribution in [0, 0.1) is 17.3 Å². The normalized spacial score (nSPS) is 21.1. The number of ether oxygens (including phenoxy) is 2. The van der Waals surface area contributed by atoms with E-state index < -0.39 is 54.4 Å². The van der Waals surface area contributed by atoms with Gasteiger partial charge in [0.15, 0.2) is 0 Å². The van der Waals surface area contributed by atoms with Crippen molar-refractivity contribution in [3.63, 3.8) is 0 Å². The molecule has 4 N–H and O–H groups in total. The number of imidazole rings is 2. The van der Waals surface area contributed by atoms with Gasteiger partial charge in [0, 0.05) is 17.5 Å². The van der Waals surface area contributed by atoms with E-state index in [0.717, 1.165) is 95.9 Å². The summed E-state index contributed by atoms with van der Waals surface area (Å²) in [6.45, 7) is 7.77. The molecule has 9 rings (SSSR count). The van der Waals surface area contributed by atoms with Gasteiger partial charge in [0.05, 0.1) is 49.2 Å². The van der Waals surface area contributed by atoms with E-state index in [1.807, 2.05) is 43.1 Å². The Morgan fingerprint density at radius 3 is 2.11 bits per heavy atom. The molecule has 14 nitrogen and oxygen atoms in total. The lowest BCUT2D eigenvalue weighted by Crippen LogP contribution is -2.55. The Kier molecular flexibility index (Phi) is 11.8. The van der Waals surface area contributed by atoms with Crippen LogP contribution in [0.5, 0.6) is 0 Å². The van der Waals surface area contributed by atoms with E-state index >= 15 is 0 Å². The highest BCUT2D eigenvalue weighted by Gasteiger charge is 2.54. The van der Waals surface area contributed by atoms with Gasteiger partial charge in [-0.3, -0.25) is 9.59 Å². The van der Waals surface area contributed by atoms with Crippen LogP contribution < -0.4 is 10.6 Å². The van der Waals surface area contributed by atoms with Gasteiger partial charge in [-0.25, -0.2) is 19.6 Å². The summed E-state index contributed by atoms with van der Waals surface area (Å²) in [5.74, 6) is -0.633. The van der Waals surface area contributed by atoms with Crippen LogP contribution in [0.2, 0.25) is 0 Å². The Bertz CT molecular complexity index is 2710. The molecule has 4 heterocycles. The van der Waals surface area contributed by atoms with E-state index in [0.29, 0.717) is 17.6 Å². The number of amides is 4.